The first-order chi connectivity index (χ1) is 5.61. The Bertz CT molecular complexity index is 165. The molecule has 0 heterocycles. The Balaban J connectivity index is 2.59. The highest BCUT2D eigenvalue weighted by atomic mass is 14.9. The van der Waals surface area contributed by atoms with Crippen LogP contribution in [0.5, 0.6) is 0 Å². The largest absolute Gasteiger partial charge is 0.310 e. The lowest BCUT2D eigenvalue weighted by molar-refractivity contribution is 0.517. The summed E-state index contributed by atoms with van der Waals surface area (Å²) in [5.74, 6) is 0. The van der Waals surface area contributed by atoms with Crippen molar-refractivity contribution in [3.8, 4) is 0 Å². The number of hydrogen-bond donors (Lipinski definition) is 2. The molecule has 0 aromatic rings. The molecule has 0 fully saturated rings. The van der Waals surface area contributed by atoms with Crippen LogP contribution in [0.25, 0.3) is 0 Å². The molecule has 0 amide bonds. The lowest BCUT2D eigenvalue weighted by Gasteiger charge is -2.24. The second-order valence-electron chi connectivity index (χ2n) is 3.96. The van der Waals surface area contributed by atoms with Crippen LogP contribution in [0.3, 0.4) is 0 Å². The van der Waals surface area contributed by atoms with Crippen LogP contribution < -0.4 is 11.5 Å². The minimum absolute atomic E-state index is 0.586. The summed E-state index contributed by atoms with van der Waals surface area (Å²) >= 11 is 0. The van der Waals surface area contributed by atoms with Crippen molar-refractivity contribution < 1.29 is 0 Å². The second kappa shape index (κ2) is 4.06. The van der Waals surface area contributed by atoms with E-state index in [2.05, 4.69) is 6.08 Å². The average Bonchev–Trinajstić information content (AvgIpc) is 1.81. The van der Waals surface area contributed by atoms with Crippen LogP contribution in [-0.4, -0.2) is 5.66 Å². The monoisotopic (exact) mass is 168 g/mol. The Morgan fingerprint density at radius 3 is 2.50 bits per heavy atom. The third-order valence-electron chi connectivity index (χ3n) is 2.48. The zero-order valence-electron chi connectivity index (χ0n) is 7.97. The third kappa shape index (κ3) is 2.95. The molecule has 4 N–H and O–H groups in total. The van der Waals surface area contributed by atoms with Gasteiger partial charge in [-0.25, -0.2) is 0 Å². The highest BCUT2D eigenvalue weighted by Crippen LogP contribution is 2.21. The summed E-state index contributed by atoms with van der Waals surface area (Å²) in [7, 11) is 0. The Labute approximate surface area is 75.0 Å². The number of allylic oxidation sites excluding steroid dienone is 1. The van der Waals surface area contributed by atoms with Gasteiger partial charge < -0.3 is 11.5 Å². The number of hydrogen-bond acceptors (Lipinski definition) is 2. The zero-order valence-corrected chi connectivity index (χ0v) is 7.97. The van der Waals surface area contributed by atoms with E-state index in [1.54, 1.807) is 0 Å². The van der Waals surface area contributed by atoms with Gasteiger partial charge in [-0.15, -0.1) is 0 Å². The highest BCUT2D eigenvalue weighted by Gasteiger charge is 2.17. The molecular weight excluding hydrogens is 148 g/mol. The Morgan fingerprint density at radius 2 is 1.83 bits per heavy atom. The summed E-state index contributed by atoms with van der Waals surface area (Å²) in [4.78, 5) is 0. The Hall–Kier alpha value is -0.340. The van der Waals surface area contributed by atoms with Gasteiger partial charge in [-0.1, -0.05) is 18.9 Å². The fraction of sp³-hybridized carbons (Fsp3) is 0.800. The van der Waals surface area contributed by atoms with Gasteiger partial charge in [0.05, 0.1) is 5.66 Å². The van der Waals surface area contributed by atoms with Gasteiger partial charge >= 0.3 is 0 Å². The van der Waals surface area contributed by atoms with Crippen LogP contribution in [0.2, 0.25) is 0 Å². The highest BCUT2D eigenvalue weighted by molar-refractivity contribution is 5.15. The predicted octanol–water partition coefficient (Wildman–Crippen LogP) is 1.90. The molecule has 0 saturated heterocycles. The lowest BCUT2D eigenvalue weighted by atomic mass is 9.93. The standard InChI is InChI=1S/C10H20N2/c1-10(11,12)9-7-5-3-2-4-6-8-9/h7H,2-6,8,11-12H2,1H3. The number of rotatable bonds is 1. The third-order valence-corrected chi connectivity index (χ3v) is 2.48. The molecule has 0 radical (unpaired) electrons. The van der Waals surface area contributed by atoms with Crippen molar-refractivity contribution in [2.45, 2.75) is 51.1 Å². The van der Waals surface area contributed by atoms with E-state index in [4.69, 9.17) is 11.5 Å². The van der Waals surface area contributed by atoms with Gasteiger partial charge in [0, 0.05) is 0 Å². The van der Waals surface area contributed by atoms with Gasteiger partial charge in [-0.3, -0.25) is 0 Å². The van der Waals surface area contributed by atoms with Gasteiger partial charge in [-0.05, 0) is 38.2 Å². The molecule has 0 aromatic carbocycles. The molecule has 0 spiro atoms. The van der Waals surface area contributed by atoms with Gasteiger partial charge in [0.1, 0.15) is 0 Å². The summed E-state index contributed by atoms with van der Waals surface area (Å²) in [5.41, 5.74) is 12.3. The van der Waals surface area contributed by atoms with E-state index < -0.39 is 5.66 Å². The molecule has 0 bridgehead atoms. The van der Waals surface area contributed by atoms with Crippen LogP contribution in [0.1, 0.15) is 45.4 Å². The first kappa shape index (κ1) is 9.75. The van der Waals surface area contributed by atoms with Gasteiger partial charge in [0.15, 0.2) is 0 Å². The quantitative estimate of drug-likeness (QED) is 0.464. The van der Waals surface area contributed by atoms with Crippen LogP contribution in [0.4, 0.5) is 0 Å². The van der Waals surface area contributed by atoms with Gasteiger partial charge in [0.2, 0.25) is 0 Å². The van der Waals surface area contributed by atoms with E-state index in [0.29, 0.717) is 0 Å². The molecule has 1 aliphatic rings. The number of nitrogens with two attached hydrogens (primary N) is 2. The fourth-order valence-corrected chi connectivity index (χ4v) is 1.68. The fourth-order valence-electron chi connectivity index (χ4n) is 1.68. The summed E-state index contributed by atoms with van der Waals surface area (Å²) in [6.45, 7) is 1.89. The topological polar surface area (TPSA) is 52.0 Å². The molecule has 1 aliphatic carbocycles. The molecule has 0 saturated carbocycles. The molecule has 70 valence electrons. The van der Waals surface area contributed by atoms with E-state index >= 15 is 0 Å². The first-order valence-electron chi connectivity index (χ1n) is 4.88. The maximum Gasteiger partial charge on any atom is 0.0829 e. The minimum Gasteiger partial charge on any atom is -0.310 e. The van der Waals surface area contributed by atoms with E-state index in [9.17, 15) is 0 Å². The van der Waals surface area contributed by atoms with Crippen molar-refractivity contribution in [1.29, 1.82) is 0 Å². The molecule has 0 aliphatic heterocycles. The minimum atomic E-state index is -0.586. The summed E-state index contributed by atoms with van der Waals surface area (Å²) in [6, 6.07) is 0. The average molecular weight is 168 g/mol. The van der Waals surface area contributed by atoms with Gasteiger partial charge in [0.25, 0.3) is 0 Å². The Kier molecular flexibility index (Phi) is 3.29. The second-order valence-corrected chi connectivity index (χ2v) is 3.96. The van der Waals surface area contributed by atoms with Crippen LogP contribution in [0, 0.1) is 0 Å². The molecular formula is C10H20N2. The smallest absolute Gasteiger partial charge is 0.0829 e. The predicted molar refractivity (Wildman–Crippen MR) is 52.6 cm³/mol. The first-order valence-corrected chi connectivity index (χ1v) is 4.88. The molecule has 2 nitrogen and oxygen atoms in total. The van der Waals surface area contributed by atoms with Crippen molar-refractivity contribution >= 4 is 0 Å². The van der Waals surface area contributed by atoms with E-state index in [1.165, 1.54) is 31.3 Å². The zero-order chi connectivity index (χ0) is 9.03. The van der Waals surface area contributed by atoms with Crippen molar-refractivity contribution in [2.24, 2.45) is 11.5 Å². The van der Waals surface area contributed by atoms with Crippen LogP contribution in [-0.2, 0) is 0 Å². The molecule has 0 atom stereocenters. The maximum absolute atomic E-state index is 5.84. The molecule has 1 rings (SSSR count). The summed E-state index contributed by atoms with van der Waals surface area (Å²) in [5, 5.41) is 0. The van der Waals surface area contributed by atoms with Crippen molar-refractivity contribution in [3.63, 3.8) is 0 Å². The van der Waals surface area contributed by atoms with E-state index in [-0.39, 0.29) is 0 Å². The van der Waals surface area contributed by atoms with Crippen molar-refractivity contribution in [2.75, 3.05) is 0 Å². The van der Waals surface area contributed by atoms with E-state index in [1.807, 2.05) is 6.92 Å². The molecule has 2 heteroatoms. The lowest BCUT2D eigenvalue weighted by Crippen LogP contribution is -2.48. The van der Waals surface area contributed by atoms with E-state index in [0.717, 1.165) is 12.8 Å². The van der Waals surface area contributed by atoms with Crippen molar-refractivity contribution in [1.82, 2.24) is 0 Å². The summed E-state index contributed by atoms with van der Waals surface area (Å²) in [6.07, 6.45) is 9.69. The normalized spacial score (nSPS) is 21.1. The molecule has 0 unspecified atom stereocenters. The maximum atomic E-state index is 5.84. The molecule has 0 aromatic heterocycles. The SMILES string of the molecule is CC(N)(N)C1=CCCCCCC1. The Morgan fingerprint density at radius 1 is 1.17 bits per heavy atom. The van der Waals surface area contributed by atoms with Crippen molar-refractivity contribution in [3.05, 3.63) is 11.6 Å². The van der Waals surface area contributed by atoms with Gasteiger partial charge in [-0.2, -0.15) is 0 Å². The summed E-state index contributed by atoms with van der Waals surface area (Å²) < 4.78 is 0. The molecule has 12 heavy (non-hydrogen) atoms. The van der Waals surface area contributed by atoms with Crippen LogP contribution in [0.15, 0.2) is 11.6 Å². The van der Waals surface area contributed by atoms with Crippen LogP contribution >= 0.6 is 0 Å².